The minimum absolute atomic E-state index is 0.210. The molecule has 8 heteroatoms. The molecule has 31 heavy (non-hydrogen) atoms. The van der Waals surface area contributed by atoms with Crippen LogP contribution in [0.3, 0.4) is 0 Å². The van der Waals surface area contributed by atoms with Crippen molar-refractivity contribution in [3.63, 3.8) is 0 Å². The second-order valence-corrected chi connectivity index (χ2v) is 9.99. The normalized spacial score (nSPS) is 24.9. The summed E-state index contributed by atoms with van der Waals surface area (Å²) in [5.74, 6) is 1.14. The van der Waals surface area contributed by atoms with E-state index >= 15 is 0 Å². The standard InChI is InChI=1S/C23H35N5O3/c1-22(2,3)31-21(30)27-14-12-26(13-15-27)18-6-10-24-19(16-18)28-11-8-23(17-28)7-4-5-9-25-20(23)29/h6,10,16H,4-5,7-9,11-15,17H2,1-3H3,(H,25,29). The number of piperazine rings is 1. The second-order valence-electron chi connectivity index (χ2n) is 9.99. The van der Waals surface area contributed by atoms with Gasteiger partial charge in [-0.1, -0.05) is 6.42 Å². The summed E-state index contributed by atoms with van der Waals surface area (Å²) >= 11 is 0. The van der Waals surface area contributed by atoms with E-state index < -0.39 is 5.60 Å². The fourth-order valence-electron chi connectivity index (χ4n) is 4.80. The molecule has 0 bridgehead atoms. The number of carbonyl (C=O) groups is 2. The van der Waals surface area contributed by atoms with Gasteiger partial charge in [0.05, 0.1) is 5.41 Å². The Morgan fingerprint density at radius 3 is 2.61 bits per heavy atom. The summed E-state index contributed by atoms with van der Waals surface area (Å²) in [6.45, 7) is 10.9. The van der Waals surface area contributed by atoms with Gasteiger partial charge in [0.15, 0.2) is 0 Å². The Balaban J connectivity index is 1.38. The lowest BCUT2D eigenvalue weighted by atomic mass is 9.82. The first kappa shape index (κ1) is 21.7. The predicted octanol–water partition coefficient (Wildman–Crippen LogP) is 2.64. The minimum atomic E-state index is -0.477. The highest BCUT2D eigenvalue weighted by molar-refractivity contribution is 5.84. The molecule has 1 unspecified atom stereocenters. The van der Waals surface area contributed by atoms with Gasteiger partial charge in [0, 0.05) is 63.8 Å². The maximum Gasteiger partial charge on any atom is 0.410 e. The quantitative estimate of drug-likeness (QED) is 0.779. The molecule has 3 saturated heterocycles. The van der Waals surface area contributed by atoms with Crippen molar-refractivity contribution in [2.45, 2.75) is 52.1 Å². The third-order valence-corrected chi connectivity index (χ3v) is 6.55. The van der Waals surface area contributed by atoms with E-state index in [1.165, 1.54) is 0 Å². The number of pyridine rings is 1. The molecular weight excluding hydrogens is 394 g/mol. The van der Waals surface area contributed by atoms with Crippen LogP contribution in [0.2, 0.25) is 0 Å². The van der Waals surface area contributed by atoms with Crippen molar-refractivity contribution in [3.05, 3.63) is 18.3 Å². The summed E-state index contributed by atoms with van der Waals surface area (Å²) in [7, 11) is 0. The zero-order valence-corrected chi connectivity index (χ0v) is 19.0. The molecule has 8 nitrogen and oxygen atoms in total. The monoisotopic (exact) mass is 429 g/mol. The van der Waals surface area contributed by atoms with Gasteiger partial charge in [0.2, 0.25) is 5.91 Å². The van der Waals surface area contributed by atoms with Gasteiger partial charge in [-0.05, 0) is 46.1 Å². The summed E-state index contributed by atoms with van der Waals surface area (Å²) in [5, 5.41) is 3.10. The Labute approximate surface area is 184 Å². The van der Waals surface area contributed by atoms with E-state index in [0.29, 0.717) is 13.1 Å². The molecule has 4 rings (SSSR count). The van der Waals surface area contributed by atoms with Crippen LogP contribution in [-0.4, -0.2) is 73.3 Å². The average Bonchev–Trinajstić information content (AvgIpc) is 3.09. The predicted molar refractivity (Wildman–Crippen MR) is 120 cm³/mol. The smallest absolute Gasteiger partial charge is 0.410 e. The van der Waals surface area contributed by atoms with Crippen LogP contribution in [0, 0.1) is 5.41 Å². The molecule has 0 radical (unpaired) electrons. The summed E-state index contributed by atoms with van der Waals surface area (Å²) in [5.41, 5.74) is 0.364. The average molecular weight is 430 g/mol. The molecule has 3 fully saturated rings. The van der Waals surface area contributed by atoms with Crippen molar-refractivity contribution < 1.29 is 14.3 Å². The van der Waals surface area contributed by atoms with Crippen molar-refractivity contribution in [1.82, 2.24) is 15.2 Å². The Hall–Kier alpha value is -2.51. The van der Waals surface area contributed by atoms with Crippen LogP contribution in [-0.2, 0) is 9.53 Å². The number of rotatable bonds is 2. The molecule has 0 aliphatic carbocycles. The lowest BCUT2D eigenvalue weighted by Gasteiger charge is -2.37. The van der Waals surface area contributed by atoms with Crippen molar-refractivity contribution in [2.24, 2.45) is 5.41 Å². The van der Waals surface area contributed by atoms with Crippen molar-refractivity contribution >= 4 is 23.5 Å². The third-order valence-electron chi connectivity index (χ3n) is 6.55. The zero-order chi connectivity index (χ0) is 22.1. The number of ether oxygens (including phenoxy) is 1. The topological polar surface area (TPSA) is 78.0 Å². The summed E-state index contributed by atoms with van der Waals surface area (Å²) in [6, 6.07) is 4.15. The van der Waals surface area contributed by atoms with Gasteiger partial charge in [-0.25, -0.2) is 9.78 Å². The maximum absolute atomic E-state index is 12.7. The first-order valence-corrected chi connectivity index (χ1v) is 11.5. The van der Waals surface area contributed by atoms with E-state index in [2.05, 4.69) is 26.2 Å². The molecular formula is C23H35N5O3. The maximum atomic E-state index is 12.7. The fraction of sp³-hybridized carbons (Fsp3) is 0.696. The Morgan fingerprint density at radius 2 is 1.87 bits per heavy atom. The SMILES string of the molecule is CC(C)(C)OC(=O)N1CCN(c2ccnc(N3CCC4(CCCCNC4=O)C3)c2)CC1. The molecule has 0 saturated carbocycles. The van der Waals surface area contributed by atoms with Crippen LogP contribution >= 0.6 is 0 Å². The number of hydrogen-bond acceptors (Lipinski definition) is 6. The molecule has 1 aromatic rings. The van der Waals surface area contributed by atoms with E-state index in [9.17, 15) is 9.59 Å². The molecule has 170 valence electrons. The van der Waals surface area contributed by atoms with E-state index in [0.717, 1.165) is 69.9 Å². The van der Waals surface area contributed by atoms with Gasteiger partial charge >= 0.3 is 6.09 Å². The number of nitrogens with zero attached hydrogens (tertiary/aromatic N) is 4. The van der Waals surface area contributed by atoms with Crippen LogP contribution in [0.1, 0.15) is 46.5 Å². The number of nitrogens with one attached hydrogen (secondary N) is 1. The van der Waals surface area contributed by atoms with Crippen LogP contribution in [0.4, 0.5) is 16.3 Å². The number of amides is 2. The molecule has 1 N–H and O–H groups in total. The summed E-state index contributed by atoms with van der Waals surface area (Å²) in [4.78, 5) is 35.9. The Kier molecular flexibility index (Phi) is 5.99. The van der Waals surface area contributed by atoms with Gasteiger partial charge in [-0.15, -0.1) is 0 Å². The van der Waals surface area contributed by atoms with E-state index in [4.69, 9.17) is 4.74 Å². The first-order chi connectivity index (χ1) is 14.8. The van der Waals surface area contributed by atoms with Crippen molar-refractivity contribution in [2.75, 3.05) is 55.6 Å². The molecule has 3 aliphatic rings. The van der Waals surface area contributed by atoms with Gasteiger partial charge in [-0.2, -0.15) is 0 Å². The van der Waals surface area contributed by atoms with Crippen LogP contribution in [0.25, 0.3) is 0 Å². The zero-order valence-electron chi connectivity index (χ0n) is 19.0. The summed E-state index contributed by atoms with van der Waals surface area (Å²) < 4.78 is 5.50. The highest BCUT2D eigenvalue weighted by atomic mass is 16.6. The van der Waals surface area contributed by atoms with Crippen LogP contribution in [0.15, 0.2) is 18.3 Å². The molecule has 3 aliphatic heterocycles. The fourth-order valence-corrected chi connectivity index (χ4v) is 4.80. The highest BCUT2D eigenvalue weighted by Crippen LogP contribution is 2.39. The van der Waals surface area contributed by atoms with Crippen LogP contribution in [0.5, 0.6) is 0 Å². The second kappa shape index (κ2) is 8.55. The first-order valence-electron chi connectivity index (χ1n) is 11.5. The molecule has 4 heterocycles. The van der Waals surface area contributed by atoms with E-state index in [-0.39, 0.29) is 17.4 Å². The number of carbonyl (C=O) groups excluding carboxylic acids is 2. The Bertz CT molecular complexity index is 816. The van der Waals surface area contributed by atoms with Crippen molar-refractivity contribution in [3.8, 4) is 0 Å². The van der Waals surface area contributed by atoms with Gasteiger partial charge in [0.1, 0.15) is 11.4 Å². The Morgan fingerprint density at radius 1 is 1.10 bits per heavy atom. The minimum Gasteiger partial charge on any atom is -0.444 e. The number of aromatic nitrogens is 1. The number of hydrogen-bond donors (Lipinski definition) is 1. The van der Waals surface area contributed by atoms with Crippen LogP contribution < -0.4 is 15.1 Å². The lowest BCUT2D eigenvalue weighted by Crippen LogP contribution is -2.50. The highest BCUT2D eigenvalue weighted by Gasteiger charge is 2.45. The van der Waals surface area contributed by atoms with Gasteiger partial charge in [0.25, 0.3) is 0 Å². The lowest BCUT2D eigenvalue weighted by molar-refractivity contribution is -0.129. The molecule has 0 aromatic carbocycles. The van der Waals surface area contributed by atoms with E-state index in [1.807, 2.05) is 33.0 Å². The summed E-state index contributed by atoms with van der Waals surface area (Å²) in [6.07, 6.45) is 5.62. The molecule has 1 spiro atoms. The van der Waals surface area contributed by atoms with Crippen molar-refractivity contribution in [1.29, 1.82) is 0 Å². The van der Waals surface area contributed by atoms with Gasteiger partial charge in [-0.3, -0.25) is 4.79 Å². The molecule has 1 aromatic heterocycles. The largest absolute Gasteiger partial charge is 0.444 e. The molecule has 2 amide bonds. The third kappa shape index (κ3) is 4.88. The number of anilines is 2. The van der Waals surface area contributed by atoms with E-state index in [1.54, 1.807) is 4.90 Å². The molecule has 1 atom stereocenters. The van der Waals surface area contributed by atoms with Gasteiger partial charge < -0.3 is 24.8 Å².